The van der Waals surface area contributed by atoms with Crippen LogP contribution in [0.4, 0.5) is 0 Å². The van der Waals surface area contributed by atoms with Gasteiger partial charge in [-0.25, -0.2) is 0 Å². The van der Waals surface area contributed by atoms with Crippen LogP contribution >= 0.6 is 23.8 Å². The maximum atomic E-state index is 12.5. The zero-order valence-electron chi connectivity index (χ0n) is 14.9. The van der Waals surface area contributed by atoms with Gasteiger partial charge in [0.1, 0.15) is 17.9 Å². The number of amides is 2. The predicted octanol–water partition coefficient (Wildman–Crippen LogP) is 3.73. The number of ether oxygens (including phenoxy) is 1. The Morgan fingerprint density at radius 3 is 2.43 bits per heavy atom. The fraction of sp³-hybridized carbons (Fsp3) is 0.0952. The minimum Gasteiger partial charge on any atom is -0.489 e. The molecule has 7 heteroatoms. The Kier molecular flexibility index (Phi) is 6.23. The molecule has 3 rings (SSSR count). The van der Waals surface area contributed by atoms with E-state index in [1.54, 1.807) is 30.3 Å². The smallest absolute Gasteiger partial charge is 0.265 e. The third-order valence-electron chi connectivity index (χ3n) is 4.01. The van der Waals surface area contributed by atoms with Crippen LogP contribution in [0.3, 0.4) is 0 Å². The Bertz CT molecular complexity index is 953. The maximum Gasteiger partial charge on any atom is 0.265 e. The molecular weight excluding hydrogens is 396 g/mol. The summed E-state index contributed by atoms with van der Waals surface area (Å²) in [5, 5.41) is 3.27. The molecule has 0 bridgehead atoms. The molecule has 28 heavy (non-hydrogen) atoms. The van der Waals surface area contributed by atoms with Crippen LogP contribution in [0.15, 0.2) is 66.8 Å². The van der Waals surface area contributed by atoms with Crippen molar-refractivity contribution in [3.8, 4) is 5.75 Å². The average Bonchev–Trinajstić information content (AvgIpc) is 2.69. The lowest BCUT2D eigenvalue weighted by atomic mass is 10.1. The fourth-order valence-electron chi connectivity index (χ4n) is 2.56. The van der Waals surface area contributed by atoms with Gasteiger partial charge in [-0.3, -0.25) is 19.8 Å². The first kappa shape index (κ1) is 19.8. The van der Waals surface area contributed by atoms with Gasteiger partial charge in [-0.2, -0.15) is 0 Å². The molecule has 1 aliphatic heterocycles. The van der Waals surface area contributed by atoms with E-state index >= 15 is 0 Å². The Hall–Kier alpha value is -2.96. The van der Waals surface area contributed by atoms with E-state index in [0.29, 0.717) is 22.9 Å². The molecule has 1 saturated heterocycles. The number of rotatable bonds is 6. The van der Waals surface area contributed by atoms with Crippen molar-refractivity contribution < 1.29 is 14.3 Å². The number of nitrogens with one attached hydrogen (secondary N) is 1. The number of hydrogen-bond acceptors (Lipinski definition) is 4. The van der Waals surface area contributed by atoms with Crippen molar-refractivity contribution >= 4 is 46.8 Å². The van der Waals surface area contributed by atoms with E-state index in [9.17, 15) is 9.59 Å². The molecule has 142 valence electrons. The molecule has 1 N–H and O–H groups in total. The predicted molar refractivity (Wildman–Crippen MR) is 113 cm³/mol. The highest BCUT2D eigenvalue weighted by Gasteiger charge is 2.32. The normalized spacial score (nSPS) is 15.5. The number of benzene rings is 2. The van der Waals surface area contributed by atoms with Crippen LogP contribution in [0, 0.1) is 0 Å². The molecule has 0 radical (unpaired) electrons. The summed E-state index contributed by atoms with van der Waals surface area (Å²) in [5.74, 6) is -0.291. The molecule has 1 heterocycles. The lowest BCUT2D eigenvalue weighted by molar-refractivity contribution is -0.128. The quantitative estimate of drug-likeness (QED) is 0.340. The van der Waals surface area contributed by atoms with E-state index < -0.39 is 11.8 Å². The number of thiocarbonyl (C=S) groups is 1. The van der Waals surface area contributed by atoms with Crippen LogP contribution in [-0.4, -0.2) is 28.4 Å². The van der Waals surface area contributed by atoms with E-state index in [-0.39, 0.29) is 17.2 Å². The van der Waals surface area contributed by atoms with E-state index in [0.717, 1.165) is 5.56 Å². The molecule has 2 aromatic rings. The van der Waals surface area contributed by atoms with Crippen LogP contribution in [0.2, 0.25) is 5.02 Å². The van der Waals surface area contributed by atoms with Crippen molar-refractivity contribution in [3.63, 3.8) is 0 Å². The van der Waals surface area contributed by atoms with E-state index in [2.05, 4.69) is 11.9 Å². The second-order valence-corrected chi connectivity index (χ2v) is 6.83. The molecule has 5 nitrogen and oxygen atoms in total. The first-order valence-corrected chi connectivity index (χ1v) is 9.23. The van der Waals surface area contributed by atoms with Crippen LogP contribution in [-0.2, 0) is 16.2 Å². The van der Waals surface area contributed by atoms with Gasteiger partial charge >= 0.3 is 0 Å². The van der Waals surface area contributed by atoms with Crippen molar-refractivity contribution in [2.75, 3.05) is 6.54 Å². The average molecular weight is 413 g/mol. The number of halogens is 1. The summed E-state index contributed by atoms with van der Waals surface area (Å²) in [5.41, 5.74) is 1.72. The van der Waals surface area contributed by atoms with Gasteiger partial charge in [0.25, 0.3) is 11.8 Å². The number of carbonyl (C=O) groups excluding carboxylic acids is 2. The molecule has 0 atom stereocenters. The summed E-state index contributed by atoms with van der Waals surface area (Å²) in [6.07, 6.45) is 3.07. The van der Waals surface area contributed by atoms with Crippen molar-refractivity contribution in [1.29, 1.82) is 0 Å². The molecule has 2 amide bonds. The van der Waals surface area contributed by atoms with Gasteiger partial charge in [-0.05, 0) is 53.7 Å². The van der Waals surface area contributed by atoms with Gasteiger partial charge in [-0.15, -0.1) is 6.58 Å². The number of carbonyl (C=O) groups is 2. The van der Waals surface area contributed by atoms with E-state index in [1.165, 1.54) is 11.0 Å². The highest BCUT2D eigenvalue weighted by molar-refractivity contribution is 7.80. The number of nitrogens with zero attached hydrogens (tertiary/aromatic N) is 1. The minimum absolute atomic E-state index is 0.0188. The highest BCUT2D eigenvalue weighted by Crippen LogP contribution is 2.19. The third kappa shape index (κ3) is 4.65. The molecular formula is C21H17ClN2O3S. The monoisotopic (exact) mass is 412 g/mol. The molecule has 0 aliphatic carbocycles. The summed E-state index contributed by atoms with van der Waals surface area (Å²) in [6, 6.07) is 14.5. The molecule has 1 fully saturated rings. The van der Waals surface area contributed by atoms with Crippen molar-refractivity contribution in [1.82, 2.24) is 10.2 Å². The van der Waals surface area contributed by atoms with Crippen molar-refractivity contribution in [3.05, 3.63) is 82.9 Å². The Balaban J connectivity index is 1.70. The van der Waals surface area contributed by atoms with Gasteiger partial charge in [-0.1, -0.05) is 41.9 Å². The lowest BCUT2D eigenvalue weighted by Gasteiger charge is -2.27. The molecule has 0 saturated carbocycles. The summed E-state index contributed by atoms with van der Waals surface area (Å²) >= 11 is 10.9. The highest BCUT2D eigenvalue weighted by atomic mass is 35.5. The SMILES string of the molecule is C=CCN1C(=O)/C(=C/c2ccc(OCc3ccc(Cl)cc3)cc2)C(=O)NC1=S. The third-order valence-corrected chi connectivity index (χ3v) is 4.58. The van der Waals surface area contributed by atoms with Crippen molar-refractivity contribution in [2.45, 2.75) is 6.61 Å². The van der Waals surface area contributed by atoms with Crippen LogP contribution < -0.4 is 10.1 Å². The summed E-state index contributed by atoms with van der Waals surface area (Å²) in [6.45, 7) is 4.24. The zero-order valence-corrected chi connectivity index (χ0v) is 16.4. The van der Waals surface area contributed by atoms with Crippen LogP contribution in [0.25, 0.3) is 6.08 Å². The first-order valence-electron chi connectivity index (χ1n) is 8.45. The van der Waals surface area contributed by atoms with Crippen LogP contribution in [0.5, 0.6) is 5.75 Å². The van der Waals surface area contributed by atoms with E-state index in [1.807, 2.05) is 24.3 Å². The Morgan fingerprint density at radius 1 is 1.11 bits per heavy atom. The second kappa shape index (κ2) is 8.82. The second-order valence-electron chi connectivity index (χ2n) is 6.01. The van der Waals surface area contributed by atoms with Gasteiger partial charge in [0.15, 0.2) is 5.11 Å². The molecule has 0 aromatic heterocycles. The summed E-state index contributed by atoms with van der Waals surface area (Å²) in [4.78, 5) is 26.0. The Morgan fingerprint density at radius 2 is 1.79 bits per heavy atom. The standard InChI is InChI=1S/C21H17ClN2O3S/c1-2-11-24-20(26)18(19(25)23-21(24)28)12-14-5-9-17(10-6-14)27-13-15-3-7-16(22)8-4-15/h2-10,12H,1,11,13H2,(H,23,25,28)/b18-12+. The van der Waals surface area contributed by atoms with Crippen molar-refractivity contribution in [2.24, 2.45) is 0 Å². The van der Waals surface area contributed by atoms with Gasteiger partial charge < -0.3 is 4.74 Å². The van der Waals surface area contributed by atoms with Crippen LogP contribution in [0.1, 0.15) is 11.1 Å². The fourth-order valence-corrected chi connectivity index (χ4v) is 2.94. The number of hydrogen-bond donors (Lipinski definition) is 1. The maximum absolute atomic E-state index is 12.5. The molecule has 0 unspecified atom stereocenters. The molecule has 2 aromatic carbocycles. The Labute approximate surface area is 173 Å². The molecule has 1 aliphatic rings. The minimum atomic E-state index is -0.515. The van der Waals surface area contributed by atoms with Gasteiger partial charge in [0, 0.05) is 11.6 Å². The largest absolute Gasteiger partial charge is 0.489 e. The first-order chi connectivity index (χ1) is 13.5. The van der Waals surface area contributed by atoms with E-state index in [4.69, 9.17) is 28.6 Å². The van der Waals surface area contributed by atoms with Gasteiger partial charge in [0.05, 0.1) is 0 Å². The summed E-state index contributed by atoms with van der Waals surface area (Å²) in [7, 11) is 0. The summed E-state index contributed by atoms with van der Waals surface area (Å²) < 4.78 is 5.74. The van der Waals surface area contributed by atoms with Gasteiger partial charge in [0.2, 0.25) is 0 Å². The topological polar surface area (TPSA) is 58.6 Å². The molecule has 0 spiro atoms. The lowest BCUT2D eigenvalue weighted by Crippen LogP contribution is -2.53. The zero-order chi connectivity index (χ0) is 20.1.